The fourth-order valence-corrected chi connectivity index (χ4v) is 4.39. The number of likely N-dealkylation sites (tertiary alicyclic amines) is 1. The van der Waals surface area contributed by atoms with Crippen LogP contribution in [0.1, 0.15) is 24.8 Å². The summed E-state index contributed by atoms with van der Waals surface area (Å²) in [4.78, 5) is 25.8. The fraction of sp³-hybridized carbons (Fsp3) is 0.556. The van der Waals surface area contributed by atoms with Gasteiger partial charge in [0.05, 0.1) is 10.8 Å². The zero-order chi connectivity index (χ0) is 18.9. The summed E-state index contributed by atoms with van der Waals surface area (Å²) in [5.74, 6) is -0.750. The number of aliphatic carboxylic acids is 1. The number of benzene rings is 1. The van der Waals surface area contributed by atoms with E-state index in [4.69, 9.17) is 0 Å². The summed E-state index contributed by atoms with van der Waals surface area (Å²) in [6.45, 7) is 0.842. The molecule has 7 nitrogen and oxygen atoms in total. The van der Waals surface area contributed by atoms with Crippen LogP contribution in [-0.2, 0) is 26.0 Å². The van der Waals surface area contributed by atoms with E-state index >= 15 is 0 Å². The highest BCUT2D eigenvalue weighted by atomic mass is 32.2. The number of hydrogen-bond donors (Lipinski definition) is 2. The Morgan fingerprint density at radius 3 is 2.38 bits per heavy atom. The topological polar surface area (TPSA) is 104 Å². The molecule has 26 heavy (non-hydrogen) atoms. The van der Waals surface area contributed by atoms with Crippen LogP contribution in [0, 0.1) is 17.8 Å². The molecule has 0 aromatic heterocycles. The molecular weight excluding hydrogens is 356 g/mol. The average Bonchev–Trinajstić information content (AvgIpc) is 3.37. The maximum absolute atomic E-state index is 12.5. The monoisotopic (exact) mass is 380 g/mol. The van der Waals surface area contributed by atoms with Crippen molar-refractivity contribution in [2.24, 2.45) is 17.8 Å². The smallest absolute Gasteiger partial charge is 0.308 e. The molecule has 1 amide bonds. The Kier molecular flexibility index (Phi) is 5.34. The molecule has 1 saturated heterocycles. The molecule has 2 atom stereocenters. The van der Waals surface area contributed by atoms with Crippen LogP contribution in [0.3, 0.4) is 0 Å². The lowest BCUT2D eigenvalue weighted by Gasteiger charge is -2.16. The highest BCUT2D eigenvalue weighted by molar-refractivity contribution is 7.89. The molecule has 1 heterocycles. The molecule has 1 aliphatic carbocycles. The van der Waals surface area contributed by atoms with E-state index in [-0.39, 0.29) is 16.7 Å². The van der Waals surface area contributed by atoms with Crippen LogP contribution in [0.4, 0.5) is 0 Å². The zero-order valence-corrected chi connectivity index (χ0v) is 15.5. The van der Waals surface area contributed by atoms with Crippen molar-refractivity contribution in [3.63, 3.8) is 0 Å². The minimum absolute atomic E-state index is 0.0358. The lowest BCUT2D eigenvalue weighted by Crippen LogP contribution is -2.30. The van der Waals surface area contributed by atoms with Gasteiger partial charge in [0.25, 0.3) is 0 Å². The second-order valence-electron chi connectivity index (χ2n) is 7.10. The minimum Gasteiger partial charge on any atom is -0.481 e. The minimum atomic E-state index is -3.46. The van der Waals surface area contributed by atoms with E-state index in [0.29, 0.717) is 31.8 Å². The predicted octanol–water partition coefficient (Wildman–Crippen LogP) is 1.10. The van der Waals surface area contributed by atoms with Gasteiger partial charge < -0.3 is 10.0 Å². The summed E-state index contributed by atoms with van der Waals surface area (Å²) in [6.07, 6.45) is 2.93. The summed E-state index contributed by atoms with van der Waals surface area (Å²) in [7, 11) is -2.10. The third kappa shape index (κ3) is 4.07. The van der Waals surface area contributed by atoms with Crippen LogP contribution in [0.15, 0.2) is 29.2 Å². The first-order valence-corrected chi connectivity index (χ1v) is 10.3. The molecule has 0 unspecified atom stereocenters. The molecule has 2 N–H and O–H groups in total. The standard InChI is InChI=1S/C18H24N2O5S/c1-19-26(24,25)14-7-2-12(3-8-14)4-9-17(21)20-10-15(13-5-6-13)16(11-20)18(22)23/h2-3,7-8,13,15-16,19H,4-6,9-11H2,1H3,(H,22,23)/t15-,16+/m1/s1. The first-order valence-electron chi connectivity index (χ1n) is 8.85. The second-order valence-corrected chi connectivity index (χ2v) is 8.98. The van der Waals surface area contributed by atoms with Crippen molar-refractivity contribution in [3.05, 3.63) is 29.8 Å². The van der Waals surface area contributed by atoms with Crippen molar-refractivity contribution in [1.29, 1.82) is 0 Å². The van der Waals surface area contributed by atoms with Gasteiger partial charge in [-0.1, -0.05) is 12.1 Å². The van der Waals surface area contributed by atoms with Gasteiger partial charge in [-0.15, -0.1) is 0 Å². The molecule has 1 aliphatic heterocycles. The number of rotatable bonds is 7. The molecule has 0 bridgehead atoms. The summed E-state index contributed by atoms with van der Waals surface area (Å²) in [5, 5.41) is 9.39. The van der Waals surface area contributed by atoms with Crippen molar-refractivity contribution in [2.45, 2.75) is 30.6 Å². The van der Waals surface area contributed by atoms with Gasteiger partial charge in [-0.05, 0) is 55.8 Å². The largest absolute Gasteiger partial charge is 0.481 e. The lowest BCUT2D eigenvalue weighted by molar-refractivity contribution is -0.142. The van der Waals surface area contributed by atoms with Crippen LogP contribution in [0.25, 0.3) is 0 Å². The number of hydrogen-bond acceptors (Lipinski definition) is 4. The lowest BCUT2D eigenvalue weighted by atomic mass is 9.92. The van der Waals surface area contributed by atoms with Crippen molar-refractivity contribution < 1.29 is 23.1 Å². The quantitative estimate of drug-likeness (QED) is 0.737. The van der Waals surface area contributed by atoms with Gasteiger partial charge >= 0.3 is 5.97 Å². The van der Waals surface area contributed by atoms with Gasteiger partial charge in [-0.3, -0.25) is 9.59 Å². The molecular formula is C18H24N2O5S. The normalized spacial score (nSPS) is 23.2. The van der Waals surface area contributed by atoms with Gasteiger partial charge in [-0.25, -0.2) is 13.1 Å². The Hall–Kier alpha value is -1.93. The number of aryl methyl sites for hydroxylation is 1. The number of carboxylic acid groups (broad SMARTS) is 1. The third-order valence-corrected chi connectivity index (χ3v) is 6.82. The molecule has 3 rings (SSSR count). The van der Waals surface area contributed by atoms with Crippen LogP contribution in [-0.4, -0.2) is 50.4 Å². The molecule has 2 fully saturated rings. The van der Waals surface area contributed by atoms with E-state index in [1.165, 1.54) is 19.2 Å². The molecule has 8 heteroatoms. The Morgan fingerprint density at radius 1 is 1.19 bits per heavy atom. The fourth-order valence-electron chi connectivity index (χ4n) is 3.66. The SMILES string of the molecule is CNS(=O)(=O)c1ccc(CCC(=O)N2C[C@H](C(=O)O)[C@@H](C3CC3)C2)cc1. The summed E-state index contributed by atoms with van der Waals surface area (Å²) in [6, 6.07) is 6.44. The zero-order valence-electron chi connectivity index (χ0n) is 14.7. The molecule has 1 saturated carbocycles. The van der Waals surface area contributed by atoms with E-state index in [1.54, 1.807) is 17.0 Å². The first kappa shape index (κ1) is 18.8. The number of carbonyl (C=O) groups is 2. The van der Waals surface area contributed by atoms with E-state index in [9.17, 15) is 23.1 Å². The molecule has 1 aromatic carbocycles. The van der Waals surface area contributed by atoms with Gasteiger partial charge in [0.2, 0.25) is 15.9 Å². The number of nitrogens with one attached hydrogen (secondary N) is 1. The maximum atomic E-state index is 12.5. The van der Waals surface area contributed by atoms with Crippen LogP contribution < -0.4 is 4.72 Å². The number of nitrogens with zero attached hydrogens (tertiary/aromatic N) is 1. The van der Waals surface area contributed by atoms with E-state index < -0.39 is 21.9 Å². The van der Waals surface area contributed by atoms with E-state index in [1.807, 2.05) is 0 Å². The Morgan fingerprint density at radius 2 is 1.85 bits per heavy atom. The molecule has 2 aliphatic rings. The van der Waals surface area contributed by atoms with Crippen molar-refractivity contribution in [1.82, 2.24) is 9.62 Å². The maximum Gasteiger partial charge on any atom is 0.308 e. The van der Waals surface area contributed by atoms with Crippen molar-refractivity contribution in [2.75, 3.05) is 20.1 Å². The van der Waals surface area contributed by atoms with Gasteiger partial charge in [0.15, 0.2) is 0 Å². The Bertz CT molecular complexity index is 786. The molecule has 1 aromatic rings. The van der Waals surface area contributed by atoms with Crippen LogP contribution >= 0.6 is 0 Å². The van der Waals surface area contributed by atoms with Gasteiger partial charge in [0, 0.05) is 19.5 Å². The van der Waals surface area contributed by atoms with Crippen molar-refractivity contribution >= 4 is 21.9 Å². The molecule has 0 spiro atoms. The van der Waals surface area contributed by atoms with E-state index in [2.05, 4.69) is 4.72 Å². The molecule has 0 radical (unpaired) electrons. The number of carboxylic acids is 1. The van der Waals surface area contributed by atoms with Crippen LogP contribution in [0.5, 0.6) is 0 Å². The predicted molar refractivity (Wildman–Crippen MR) is 94.9 cm³/mol. The molecule has 142 valence electrons. The summed E-state index contributed by atoms with van der Waals surface area (Å²) < 4.78 is 25.7. The third-order valence-electron chi connectivity index (χ3n) is 5.39. The highest BCUT2D eigenvalue weighted by Crippen LogP contribution is 2.44. The van der Waals surface area contributed by atoms with Gasteiger partial charge in [0.1, 0.15) is 0 Å². The van der Waals surface area contributed by atoms with Crippen LogP contribution in [0.2, 0.25) is 0 Å². The van der Waals surface area contributed by atoms with Crippen molar-refractivity contribution in [3.8, 4) is 0 Å². The summed E-state index contributed by atoms with van der Waals surface area (Å²) in [5.41, 5.74) is 0.876. The Labute approximate surface area is 153 Å². The first-order chi connectivity index (χ1) is 12.3. The average molecular weight is 380 g/mol. The number of amides is 1. The summed E-state index contributed by atoms with van der Waals surface area (Å²) >= 11 is 0. The Balaban J connectivity index is 1.56. The van der Waals surface area contributed by atoms with Gasteiger partial charge in [-0.2, -0.15) is 0 Å². The second kappa shape index (κ2) is 7.36. The number of sulfonamides is 1. The number of carbonyl (C=O) groups excluding carboxylic acids is 1. The highest BCUT2D eigenvalue weighted by Gasteiger charge is 2.46. The van der Waals surface area contributed by atoms with E-state index in [0.717, 1.165) is 18.4 Å².